The minimum atomic E-state index is 0.713. The molecule has 1 saturated heterocycles. The quantitative estimate of drug-likeness (QED) is 0.941. The molecule has 1 aromatic carbocycles. The molecule has 0 aliphatic carbocycles. The normalized spacial score (nSPS) is 19.0. The molecule has 1 aromatic heterocycles. The van der Waals surface area contributed by atoms with Crippen molar-refractivity contribution in [3.05, 3.63) is 18.0 Å². The summed E-state index contributed by atoms with van der Waals surface area (Å²) in [4.78, 5) is 10.6. The van der Waals surface area contributed by atoms with E-state index in [4.69, 9.17) is 14.5 Å². The summed E-state index contributed by atoms with van der Waals surface area (Å²) in [5, 5.41) is 0. The van der Waals surface area contributed by atoms with Crippen LogP contribution in [0, 0.1) is 0 Å². The van der Waals surface area contributed by atoms with E-state index in [1.165, 1.54) is 25.9 Å². The predicted octanol–water partition coefficient (Wildman–Crippen LogP) is 2.36. The van der Waals surface area contributed by atoms with Crippen molar-refractivity contribution in [2.24, 2.45) is 0 Å². The fourth-order valence-corrected chi connectivity index (χ4v) is 3.11. The van der Waals surface area contributed by atoms with Crippen LogP contribution in [0.15, 0.2) is 12.1 Å². The molecule has 2 aliphatic rings. The topological polar surface area (TPSA) is 50.4 Å². The van der Waals surface area contributed by atoms with Gasteiger partial charge in [0.05, 0.1) is 24.2 Å². The second-order valence-corrected chi connectivity index (χ2v) is 5.85. The van der Waals surface area contributed by atoms with Gasteiger partial charge in [-0.1, -0.05) is 0 Å². The van der Waals surface area contributed by atoms with Gasteiger partial charge >= 0.3 is 0 Å². The number of aromatic nitrogens is 2. The number of likely N-dealkylation sites (tertiary alicyclic amines) is 1. The number of hydrogen-bond acceptors (Lipinski definition) is 4. The Morgan fingerprint density at radius 1 is 1.05 bits per heavy atom. The summed E-state index contributed by atoms with van der Waals surface area (Å²) in [5.41, 5.74) is 2.01. The Hall–Kier alpha value is -1.75. The molecular weight excluding hydrogens is 266 g/mol. The fraction of sp³-hybridized carbons (Fsp3) is 0.562. The van der Waals surface area contributed by atoms with E-state index in [-0.39, 0.29) is 0 Å². The average Bonchev–Trinajstić information content (AvgIpc) is 3.07. The van der Waals surface area contributed by atoms with Crippen molar-refractivity contribution in [1.82, 2.24) is 14.9 Å². The van der Waals surface area contributed by atoms with E-state index in [9.17, 15) is 0 Å². The highest BCUT2D eigenvalue weighted by atomic mass is 16.5. The average molecular weight is 287 g/mol. The smallest absolute Gasteiger partial charge is 0.163 e. The minimum Gasteiger partial charge on any atom is -0.489 e. The molecule has 4 rings (SSSR count). The number of H-pyrrole nitrogens is 1. The molecule has 5 nitrogen and oxygen atoms in total. The van der Waals surface area contributed by atoms with Crippen molar-refractivity contribution in [1.29, 1.82) is 0 Å². The van der Waals surface area contributed by atoms with Gasteiger partial charge in [-0.25, -0.2) is 4.98 Å². The molecule has 2 aliphatic heterocycles. The van der Waals surface area contributed by atoms with Crippen molar-refractivity contribution in [2.75, 3.05) is 32.8 Å². The maximum atomic E-state index is 5.73. The molecule has 0 bridgehead atoms. The van der Waals surface area contributed by atoms with Gasteiger partial charge in [-0.15, -0.1) is 0 Å². The first-order valence-electron chi connectivity index (χ1n) is 7.89. The fourth-order valence-electron chi connectivity index (χ4n) is 3.11. The van der Waals surface area contributed by atoms with E-state index in [0.717, 1.165) is 47.7 Å². The van der Waals surface area contributed by atoms with Crippen molar-refractivity contribution < 1.29 is 9.47 Å². The third-order valence-corrected chi connectivity index (χ3v) is 4.26. The van der Waals surface area contributed by atoms with Gasteiger partial charge in [0.25, 0.3) is 0 Å². The number of ether oxygens (including phenoxy) is 2. The van der Waals surface area contributed by atoms with Gasteiger partial charge < -0.3 is 19.4 Å². The number of fused-ring (bicyclic) bond motifs is 2. The molecule has 1 N–H and O–H groups in total. The van der Waals surface area contributed by atoms with Crippen LogP contribution in [0.5, 0.6) is 11.5 Å². The third kappa shape index (κ3) is 2.70. The number of hydrogen-bond donors (Lipinski definition) is 1. The standard InChI is InChI=1S/C16H21N3O2/c1-2-6-19(5-1)7-4-16-17-12-10-14-15(11-13(12)18-16)21-9-3-8-20-14/h10-11H,1-9H2,(H,17,18). The maximum absolute atomic E-state index is 5.73. The van der Waals surface area contributed by atoms with Crippen LogP contribution < -0.4 is 9.47 Å². The Kier molecular flexibility index (Phi) is 3.43. The first kappa shape index (κ1) is 13.0. The van der Waals surface area contributed by atoms with Crippen molar-refractivity contribution in [2.45, 2.75) is 25.7 Å². The number of benzene rings is 1. The summed E-state index contributed by atoms with van der Waals surface area (Å²) >= 11 is 0. The summed E-state index contributed by atoms with van der Waals surface area (Å²) in [6, 6.07) is 4.01. The monoisotopic (exact) mass is 287 g/mol. The van der Waals surface area contributed by atoms with Gasteiger partial charge in [0.15, 0.2) is 11.5 Å². The second kappa shape index (κ2) is 5.56. The van der Waals surface area contributed by atoms with E-state index >= 15 is 0 Å². The highest BCUT2D eigenvalue weighted by Gasteiger charge is 2.15. The lowest BCUT2D eigenvalue weighted by molar-refractivity contribution is 0.297. The molecule has 1 fully saturated rings. The van der Waals surface area contributed by atoms with E-state index < -0.39 is 0 Å². The second-order valence-electron chi connectivity index (χ2n) is 5.85. The van der Waals surface area contributed by atoms with Crippen molar-refractivity contribution in [3.63, 3.8) is 0 Å². The molecule has 0 radical (unpaired) electrons. The lowest BCUT2D eigenvalue weighted by Gasteiger charge is -2.12. The van der Waals surface area contributed by atoms with E-state index in [1.54, 1.807) is 0 Å². The predicted molar refractivity (Wildman–Crippen MR) is 81.1 cm³/mol. The number of nitrogens with one attached hydrogen (secondary N) is 1. The lowest BCUT2D eigenvalue weighted by atomic mass is 10.3. The van der Waals surface area contributed by atoms with Crippen LogP contribution in [0.2, 0.25) is 0 Å². The summed E-state index contributed by atoms with van der Waals surface area (Å²) in [6.07, 6.45) is 4.57. The SMILES string of the molecule is c1c2c(cc3[nH]c(CCN4CCCC4)nc13)OCCCO2. The first-order chi connectivity index (χ1) is 10.4. The van der Waals surface area contributed by atoms with Gasteiger partial charge in [-0.2, -0.15) is 0 Å². The van der Waals surface area contributed by atoms with Crippen LogP contribution in [0.3, 0.4) is 0 Å². The minimum absolute atomic E-state index is 0.713. The summed E-state index contributed by atoms with van der Waals surface area (Å²) in [6.45, 7) is 4.98. The van der Waals surface area contributed by atoms with Gasteiger partial charge in [0.1, 0.15) is 5.82 Å². The molecule has 2 aromatic rings. The van der Waals surface area contributed by atoms with Crippen LogP contribution in [-0.2, 0) is 6.42 Å². The maximum Gasteiger partial charge on any atom is 0.163 e. The van der Waals surface area contributed by atoms with Crippen molar-refractivity contribution in [3.8, 4) is 11.5 Å². The number of aromatic amines is 1. The van der Waals surface area contributed by atoms with Crippen LogP contribution in [0.25, 0.3) is 11.0 Å². The van der Waals surface area contributed by atoms with Crippen LogP contribution >= 0.6 is 0 Å². The zero-order valence-corrected chi connectivity index (χ0v) is 12.2. The van der Waals surface area contributed by atoms with Gasteiger partial charge in [-0.3, -0.25) is 0 Å². The van der Waals surface area contributed by atoms with E-state index in [1.807, 2.05) is 12.1 Å². The van der Waals surface area contributed by atoms with Gasteiger partial charge in [0, 0.05) is 31.5 Å². The number of imidazole rings is 1. The number of rotatable bonds is 3. The van der Waals surface area contributed by atoms with Gasteiger partial charge in [0.2, 0.25) is 0 Å². The Morgan fingerprint density at radius 2 is 1.81 bits per heavy atom. The first-order valence-corrected chi connectivity index (χ1v) is 7.89. The van der Waals surface area contributed by atoms with Crippen LogP contribution in [-0.4, -0.2) is 47.7 Å². The summed E-state index contributed by atoms with van der Waals surface area (Å²) in [7, 11) is 0. The Balaban J connectivity index is 1.54. The van der Waals surface area contributed by atoms with Crippen LogP contribution in [0.1, 0.15) is 25.1 Å². The largest absolute Gasteiger partial charge is 0.489 e. The Morgan fingerprint density at radius 3 is 2.62 bits per heavy atom. The Bertz CT molecular complexity index is 589. The molecule has 112 valence electrons. The highest BCUT2D eigenvalue weighted by molar-refractivity contribution is 5.79. The molecule has 3 heterocycles. The molecule has 0 amide bonds. The molecule has 0 saturated carbocycles. The zero-order valence-electron chi connectivity index (χ0n) is 12.2. The van der Waals surface area contributed by atoms with Crippen molar-refractivity contribution >= 4 is 11.0 Å². The molecule has 0 atom stereocenters. The molecular formula is C16H21N3O2. The summed E-state index contributed by atoms with van der Waals surface area (Å²) < 4.78 is 11.4. The zero-order chi connectivity index (χ0) is 14.1. The molecule has 0 unspecified atom stereocenters. The number of nitrogens with zero attached hydrogens (tertiary/aromatic N) is 2. The van der Waals surface area contributed by atoms with Crippen LogP contribution in [0.4, 0.5) is 0 Å². The molecule has 5 heteroatoms. The Labute approximate surface area is 124 Å². The molecule has 0 spiro atoms. The highest BCUT2D eigenvalue weighted by Crippen LogP contribution is 2.33. The third-order valence-electron chi connectivity index (χ3n) is 4.26. The van der Waals surface area contributed by atoms with E-state index in [0.29, 0.717) is 13.2 Å². The van der Waals surface area contributed by atoms with Gasteiger partial charge in [-0.05, 0) is 25.9 Å². The lowest BCUT2D eigenvalue weighted by Crippen LogP contribution is -2.22. The molecule has 21 heavy (non-hydrogen) atoms. The van der Waals surface area contributed by atoms with E-state index in [2.05, 4.69) is 9.88 Å². The summed E-state index contributed by atoms with van der Waals surface area (Å²) in [5.74, 6) is 2.70.